The Labute approximate surface area is 122 Å². The standard InChI is InChI=1S/C15H18N2O2S/c1-11(9-14-8-7-12(2)20-14)16-10-13-5-3-4-6-15(13)17(18)19/h3-8,11,16H,9-10H2,1-2H3. The van der Waals surface area contributed by atoms with E-state index in [0.717, 1.165) is 12.0 Å². The molecule has 1 heterocycles. The fourth-order valence-corrected chi connectivity index (χ4v) is 3.11. The molecule has 0 aliphatic heterocycles. The van der Waals surface area contributed by atoms with Crippen molar-refractivity contribution < 1.29 is 4.92 Å². The fraction of sp³-hybridized carbons (Fsp3) is 0.333. The van der Waals surface area contributed by atoms with Gasteiger partial charge in [-0.2, -0.15) is 0 Å². The van der Waals surface area contributed by atoms with Crippen molar-refractivity contribution in [1.29, 1.82) is 0 Å². The van der Waals surface area contributed by atoms with Gasteiger partial charge in [0.25, 0.3) is 5.69 Å². The van der Waals surface area contributed by atoms with Crippen LogP contribution in [0.25, 0.3) is 0 Å². The smallest absolute Gasteiger partial charge is 0.273 e. The number of hydrogen-bond donors (Lipinski definition) is 1. The normalized spacial score (nSPS) is 12.3. The van der Waals surface area contributed by atoms with Gasteiger partial charge in [0, 0.05) is 34.0 Å². The molecular weight excluding hydrogens is 272 g/mol. The molecule has 4 nitrogen and oxygen atoms in total. The maximum Gasteiger partial charge on any atom is 0.273 e. The molecule has 0 spiro atoms. The van der Waals surface area contributed by atoms with Crippen molar-refractivity contribution in [2.75, 3.05) is 0 Å². The molecule has 0 saturated carbocycles. The van der Waals surface area contributed by atoms with Gasteiger partial charge >= 0.3 is 0 Å². The molecule has 0 amide bonds. The SMILES string of the molecule is Cc1ccc(CC(C)NCc2ccccc2[N+](=O)[O-])s1. The molecule has 1 aromatic carbocycles. The molecule has 2 rings (SSSR count). The minimum Gasteiger partial charge on any atom is -0.310 e. The molecule has 0 radical (unpaired) electrons. The molecule has 0 aliphatic rings. The molecule has 0 saturated heterocycles. The first-order valence-electron chi connectivity index (χ1n) is 6.57. The van der Waals surface area contributed by atoms with Gasteiger partial charge < -0.3 is 5.32 Å². The number of aryl methyl sites for hydroxylation is 1. The lowest BCUT2D eigenvalue weighted by atomic mass is 10.1. The first kappa shape index (κ1) is 14.7. The predicted octanol–water partition coefficient (Wildman–Crippen LogP) is 3.69. The van der Waals surface area contributed by atoms with Gasteiger partial charge in [-0.15, -0.1) is 11.3 Å². The lowest BCUT2D eigenvalue weighted by Gasteiger charge is -2.13. The largest absolute Gasteiger partial charge is 0.310 e. The van der Waals surface area contributed by atoms with Crippen LogP contribution in [0.1, 0.15) is 22.2 Å². The Morgan fingerprint density at radius 2 is 2.05 bits per heavy atom. The van der Waals surface area contributed by atoms with Crippen molar-refractivity contribution in [2.24, 2.45) is 0 Å². The van der Waals surface area contributed by atoms with E-state index in [2.05, 4.69) is 31.3 Å². The number of para-hydroxylation sites is 1. The molecule has 1 unspecified atom stereocenters. The first-order valence-corrected chi connectivity index (χ1v) is 7.39. The highest BCUT2D eigenvalue weighted by Crippen LogP contribution is 2.19. The van der Waals surface area contributed by atoms with E-state index in [9.17, 15) is 10.1 Å². The zero-order valence-electron chi connectivity index (χ0n) is 11.6. The summed E-state index contributed by atoms with van der Waals surface area (Å²) in [6, 6.07) is 11.4. The number of nitrogens with one attached hydrogen (secondary N) is 1. The fourth-order valence-electron chi connectivity index (χ4n) is 2.09. The third kappa shape index (κ3) is 3.88. The Morgan fingerprint density at radius 3 is 2.70 bits per heavy atom. The molecule has 2 aromatic rings. The van der Waals surface area contributed by atoms with Crippen LogP contribution in [-0.4, -0.2) is 11.0 Å². The summed E-state index contributed by atoms with van der Waals surface area (Å²) in [6.07, 6.45) is 0.944. The molecule has 0 bridgehead atoms. The monoisotopic (exact) mass is 290 g/mol. The van der Waals surface area contributed by atoms with Gasteiger partial charge in [0.1, 0.15) is 0 Å². The number of thiophene rings is 1. The molecule has 20 heavy (non-hydrogen) atoms. The van der Waals surface area contributed by atoms with Crippen molar-refractivity contribution in [3.05, 3.63) is 61.8 Å². The molecule has 0 aliphatic carbocycles. The highest BCUT2D eigenvalue weighted by molar-refractivity contribution is 7.11. The second kappa shape index (κ2) is 6.63. The van der Waals surface area contributed by atoms with Crippen LogP contribution in [0.4, 0.5) is 5.69 Å². The highest BCUT2D eigenvalue weighted by Gasteiger charge is 2.13. The van der Waals surface area contributed by atoms with Gasteiger partial charge in [-0.25, -0.2) is 0 Å². The molecule has 1 atom stereocenters. The third-order valence-corrected chi connectivity index (χ3v) is 4.16. The molecule has 5 heteroatoms. The van der Waals surface area contributed by atoms with Gasteiger partial charge in [0.05, 0.1) is 4.92 Å². The summed E-state index contributed by atoms with van der Waals surface area (Å²) in [7, 11) is 0. The Bertz CT molecular complexity index is 595. The summed E-state index contributed by atoms with van der Waals surface area (Å²) in [5.74, 6) is 0. The number of nitrogens with zero attached hydrogens (tertiary/aromatic N) is 1. The van der Waals surface area contributed by atoms with E-state index in [-0.39, 0.29) is 16.7 Å². The lowest BCUT2D eigenvalue weighted by Crippen LogP contribution is -2.27. The van der Waals surface area contributed by atoms with Gasteiger partial charge in [0.15, 0.2) is 0 Å². The zero-order chi connectivity index (χ0) is 14.5. The molecule has 106 valence electrons. The van der Waals surface area contributed by atoms with E-state index >= 15 is 0 Å². The molecular formula is C15H18N2O2S. The van der Waals surface area contributed by atoms with E-state index < -0.39 is 0 Å². The van der Waals surface area contributed by atoms with Crippen LogP contribution in [0.5, 0.6) is 0 Å². The van der Waals surface area contributed by atoms with Gasteiger partial charge in [-0.3, -0.25) is 10.1 Å². The summed E-state index contributed by atoms with van der Waals surface area (Å²) in [5.41, 5.74) is 0.908. The van der Waals surface area contributed by atoms with Crippen molar-refractivity contribution >= 4 is 17.0 Å². The average molecular weight is 290 g/mol. The van der Waals surface area contributed by atoms with Crippen LogP contribution < -0.4 is 5.32 Å². The first-order chi connectivity index (χ1) is 9.56. The summed E-state index contributed by atoms with van der Waals surface area (Å²) in [4.78, 5) is 13.3. The summed E-state index contributed by atoms with van der Waals surface area (Å²) >= 11 is 1.80. The average Bonchev–Trinajstić information content (AvgIpc) is 2.82. The Kier molecular flexibility index (Phi) is 4.87. The minimum atomic E-state index is -0.329. The number of nitro benzene ring substituents is 1. The van der Waals surface area contributed by atoms with E-state index in [0.29, 0.717) is 6.54 Å². The van der Waals surface area contributed by atoms with E-state index in [1.54, 1.807) is 29.5 Å². The van der Waals surface area contributed by atoms with Crippen molar-refractivity contribution in [2.45, 2.75) is 32.9 Å². The second-order valence-electron chi connectivity index (χ2n) is 4.88. The second-order valence-corrected chi connectivity index (χ2v) is 6.26. The number of benzene rings is 1. The number of nitro groups is 1. The van der Waals surface area contributed by atoms with Crippen LogP contribution in [0.15, 0.2) is 36.4 Å². The van der Waals surface area contributed by atoms with Crippen LogP contribution in [0.2, 0.25) is 0 Å². The Morgan fingerprint density at radius 1 is 1.30 bits per heavy atom. The van der Waals surface area contributed by atoms with Crippen molar-refractivity contribution in [1.82, 2.24) is 5.32 Å². The molecule has 1 N–H and O–H groups in total. The highest BCUT2D eigenvalue weighted by atomic mass is 32.1. The van der Waals surface area contributed by atoms with Crippen LogP contribution in [-0.2, 0) is 13.0 Å². The van der Waals surface area contributed by atoms with Gasteiger partial charge in [0.2, 0.25) is 0 Å². The quantitative estimate of drug-likeness (QED) is 0.652. The van der Waals surface area contributed by atoms with E-state index in [1.165, 1.54) is 9.75 Å². The lowest BCUT2D eigenvalue weighted by molar-refractivity contribution is -0.385. The number of rotatable bonds is 6. The molecule has 1 aromatic heterocycles. The Balaban J connectivity index is 1.93. The van der Waals surface area contributed by atoms with Crippen LogP contribution in [0, 0.1) is 17.0 Å². The summed E-state index contributed by atoms with van der Waals surface area (Å²) in [5, 5.41) is 14.3. The maximum absolute atomic E-state index is 10.9. The van der Waals surface area contributed by atoms with E-state index in [4.69, 9.17) is 0 Å². The van der Waals surface area contributed by atoms with Gasteiger partial charge in [-0.05, 0) is 32.4 Å². The summed E-state index contributed by atoms with van der Waals surface area (Å²) < 4.78 is 0. The number of hydrogen-bond acceptors (Lipinski definition) is 4. The van der Waals surface area contributed by atoms with Gasteiger partial charge in [-0.1, -0.05) is 18.2 Å². The molecule has 0 fully saturated rings. The van der Waals surface area contributed by atoms with Crippen molar-refractivity contribution in [3.8, 4) is 0 Å². The zero-order valence-corrected chi connectivity index (χ0v) is 12.4. The minimum absolute atomic E-state index is 0.180. The third-order valence-electron chi connectivity index (χ3n) is 3.13. The van der Waals surface area contributed by atoms with Crippen molar-refractivity contribution in [3.63, 3.8) is 0 Å². The van der Waals surface area contributed by atoms with Crippen LogP contribution >= 0.6 is 11.3 Å². The van der Waals surface area contributed by atoms with Crippen LogP contribution in [0.3, 0.4) is 0 Å². The van der Waals surface area contributed by atoms with E-state index in [1.807, 2.05) is 6.07 Å². The predicted molar refractivity (Wildman–Crippen MR) is 82.2 cm³/mol. The topological polar surface area (TPSA) is 55.2 Å². The summed E-state index contributed by atoms with van der Waals surface area (Å²) in [6.45, 7) is 4.71. The Hall–Kier alpha value is -1.72. The maximum atomic E-state index is 10.9.